The highest BCUT2D eigenvalue weighted by Crippen LogP contribution is 2.31. The van der Waals surface area contributed by atoms with Gasteiger partial charge in [0.15, 0.2) is 0 Å². The van der Waals surface area contributed by atoms with Gasteiger partial charge in [0.1, 0.15) is 4.21 Å². The molecule has 2 heterocycles. The highest BCUT2D eigenvalue weighted by molar-refractivity contribution is 7.91. The smallest absolute Gasteiger partial charge is 0.252 e. The van der Waals surface area contributed by atoms with Gasteiger partial charge in [-0.05, 0) is 37.1 Å². The maximum Gasteiger partial charge on any atom is 0.252 e. The number of hydrogen-bond acceptors (Lipinski definition) is 4. The van der Waals surface area contributed by atoms with Crippen LogP contribution in [0, 0.1) is 5.92 Å². The Morgan fingerprint density at radius 2 is 1.96 bits per heavy atom. The predicted octanol–water partition coefficient (Wildman–Crippen LogP) is 3.47. The zero-order chi connectivity index (χ0) is 18.0. The van der Waals surface area contributed by atoms with Gasteiger partial charge in [0.05, 0.1) is 10.3 Å². The van der Waals surface area contributed by atoms with E-state index in [2.05, 4.69) is 0 Å². The first-order valence-electron chi connectivity index (χ1n) is 7.97. The minimum Gasteiger partial charge on any atom is -0.315 e. The highest BCUT2D eigenvalue weighted by atomic mass is 35.5. The molecule has 1 unspecified atom stereocenters. The number of thiophene rings is 1. The van der Waals surface area contributed by atoms with Crippen LogP contribution in [0.2, 0.25) is 4.34 Å². The molecule has 1 aromatic carbocycles. The van der Waals surface area contributed by atoms with E-state index in [1.54, 1.807) is 18.0 Å². The highest BCUT2D eigenvalue weighted by Gasteiger charge is 2.35. The molecule has 1 aliphatic heterocycles. The van der Waals surface area contributed by atoms with E-state index >= 15 is 0 Å². The maximum absolute atomic E-state index is 12.8. The molecular formula is C17H19ClN2O3S2. The average molecular weight is 399 g/mol. The van der Waals surface area contributed by atoms with Crippen molar-refractivity contribution in [3.05, 3.63) is 46.8 Å². The second kappa shape index (κ2) is 7.45. The molecule has 0 aliphatic carbocycles. The Morgan fingerprint density at radius 1 is 1.24 bits per heavy atom. The van der Waals surface area contributed by atoms with Gasteiger partial charge in [0.2, 0.25) is 5.91 Å². The fourth-order valence-corrected chi connectivity index (χ4v) is 6.14. The molecule has 0 saturated carbocycles. The summed E-state index contributed by atoms with van der Waals surface area (Å²) in [5, 5.41) is 0. The van der Waals surface area contributed by atoms with Gasteiger partial charge in [-0.15, -0.1) is 11.3 Å². The molecule has 1 atom stereocenters. The lowest BCUT2D eigenvalue weighted by molar-refractivity contribution is -0.123. The summed E-state index contributed by atoms with van der Waals surface area (Å²) in [4.78, 5) is 14.4. The molecule has 1 aromatic heterocycles. The first-order chi connectivity index (χ1) is 11.9. The number of piperidine rings is 1. The van der Waals surface area contributed by atoms with Crippen LogP contribution in [0.25, 0.3) is 0 Å². The standard InChI is InChI=1S/C17H19ClN2O3S2/c1-19(14-7-3-2-4-8-14)17(21)13-6-5-11-20(12-13)25(22,23)16-10-9-15(18)24-16/h2-4,7-10,13H,5-6,11-12H2,1H3. The van der Waals surface area contributed by atoms with Crippen LogP contribution in [0.1, 0.15) is 12.8 Å². The Kier molecular flexibility index (Phi) is 5.48. The third-order valence-corrected chi connectivity index (χ3v) is 7.91. The molecule has 134 valence electrons. The van der Waals surface area contributed by atoms with Crippen molar-refractivity contribution in [3.8, 4) is 0 Å². The van der Waals surface area contributed by atoms with Gasteiger partial charge in [-0.1, -0.05) is 29.8 Å². The van der Waals surface area contributed by atoms with Crippen molar-refractivity contribution in [2.45, 2.75) is 17.1 Å². The van der Waals surface area contributed by atoms with Crippen LogP contribution in [-0.4, -0.2) is 38.8 Å². The summed E-state index contributed by atoms with van der Waals surface area (Å²) in [5.41, 5.74) is 0.803. The molecule has 8 heteroatoms. The minimum atomic E-state index is -3.60. The van der Waals surface area contributed by atoms with Crippen molar-refractivity contribution in [1.82, 2.24) is 4.31 Å². The Morgan fingerprint density at radius 3 is 2.60 bits per heavy atom. The van der Waals surface area contributed by atoms with Crippen LogP contribution in [0.15, 0.2) is 46.7 Å². The summed E-state index contributed by atoms with van der Waals surface area (Å²) >= 11 is 6.91. The number of anilines is 1. The molecule has 5 nitrogen and oxygen atoms in total. The second-order valence-electron chi connectivity index (χ2n) is 5.99. The van der Waals surface area contributed by atoms with E-state index in [-0.39, 0.29) is 22.6 Å². The van der Waals surface area contributed by atoms with Gasteiger partial charge in [0.25, 0.3) is 10.0 Å². The van der Waals surface area contributed by atoms with Gasteiger partial charge < -0.3 is 4.90 Å². The Labute approximate surface area is 156 Å². The number of hydrogen-bond donors (Lipinski definition) is 0. The summed E-state index contributed by atoms with van der Waals surface area (Å²) in [6.07, 6.45) is 1.35. The number of carbonyl (C=O) groups is 1. The molecule has 0 N–H and O–H groups in total. The van der Waals surface area contributed by atoms with Crippen molar-refractivity contribution in [2.24, 2.45) is 5.92 Å². The SMILES string of the molecule is CN(C(=O)C1CCCN(S(=O)(=O)c2ccc(Cl)s2)C1)c1ccccc1. The molecule has 3 rings (SSSR count). The molecule has 1 aliphatic rings. The van der Waals surface area contributed by atoms with E-state index in [0.29, 0.717) is 23.7 Å². The first-order valence-corrected chi connectivity index (χ1v) is 10.6. The van der Waals surface area contributed by atoms with E-state index in [1.165, 1.54) is 10.4 Å². The second-order valence-corrected chi connectivity index (χ2v) is 9.87. The molecule has 1 amide bonds. The number of nitrogens with zero attached hydrogens (tertiary/aromatic N) is 2. The van der Waals surface area contributed by atoms with Crippen LogP contribution in [0.3, 0.4) is 0 Å². The van der Waals surface area contributed by atoms with Gasteiger partial charge in [-0.25, -0.2) is 8.42 Å². The normalized spacial score (nSPS) is 18.9. The largest absolute Gasteiger partial charge is 0.315 e. The van der Waals surface area contributed by atoms with E-state index in [1.807, 2.05) is 30.3 Å². The number of carbonyl (C=O) groups excluding carboxylic acids is 1. The number of para-hydroxylation sites is 1. The first kappa shape index (κ1) is 18.4. The molecule has 0 radical (unpaired) electrons. The summed E-state index contributed by atoms with van der Waals surface area (Å²) in [5.74, 6) is -0.403. The predicted molar refractivity (Wildman–Crippen MR) is 101 cm³/mol. The van der Waals surface area contributed by atoms with Crippen molar-refractivity contribution >= 4 is 44.6 Å². The van der Waals surface area contributed by atoms with Crippen molar-refractivity contribution in [2.75, 3.05) is 25.0 Å². The van der Waals surface area contributed by atoms with Gasteiger partial charge >= 0.3 is 0 Å². The molecular weight excluding hydrogens is 380 g/mol. The van der Waals surface area contributed by atoms with Crippen LogP contribution >= 0.6 is 22.9 Å². The number of sulfonamides is 1. The van der Waals surface area contributed by atoms with E-state index in [4.69, 9.17) is 11.6 Å². The lowest BCUT2D eigenvalue weighted by Gasteiger charge is -2.33. The van der Waals surface area contributed by atoms with Crippen LogP contribution < -0.4 is 4.90 Å². The summed E-state index contributed by atoms with van der Waals surface area (Å²) in [6, 6.07) is 12.5. The Balaban J connectivity index is 1.76. The van der Waals surface area contributed by atoms with Crippen LogP contribution in [-0.2, 0) is 14.8 Å². The fraction of sp³-hybridized carbons (Fsp3) is 0.353. The number of benzene rings is 1. The molecule has 2 aromatic rings. The third kappa shape index (κ3) is 3.89. The van der Waals surface area contributed by atoms with Crippen molar-refractivity contribution in [3.63, 3.8) is 0 Å². The van der Waals surface area contributed by atoms with Gasteiger partial charge in [0, 0.05) is 25.8 Å². The molecule has 1 fully saturated rings. The summed E-state index contributed by atoms with van der Waals surface area (Å²) in [7, 11) is -1.87. The van der Waals surface area contributed by atoms with Crippen LogP contribution in [0.5, 0.6) is 0 Å². The maximum atomic E-state index is 12.8. The van der Waals surface area contributed by atoms with Gasteiger partial charge in [-0.2, -0.15) is 4.31 Å². The zero-order valence-corrected chi connectivity index (χ0v) is 16.1. The third-order valence-electron chi connectivity index (χ3n) is 4.35. The zero-order valence-electron chi connectivity index (χ0n) is 13.8. The number of halogens is 1. The average Bonchev–Trinajstić information content (AvgIpc) is 3.08. The molecule has 0 bridgehead atoms. The van der Waals surface area contributed by atoms with E-state index in [9.17, 15) is 13.2 Å². The number of amides is 1. The Bertz CT molecular complexity index is 852. The quantitative estimate of drug-likeness (QED) is 0.792. The van der Waals surface area contributed by atoms with E-state index in [0.717, 1.165) is 17.0 Å². The molecule has 25 heavy (non-hydrogen) atoms. The monoisotopic (exact) mass is 398 g/mol. The van der Waals surface area contributed by atoms with Crippen molar-refractivity contribution < 1.29 is 13.2 Å². The fourth-order valence-electron chi connectivity index (χ4n) is 2.98. The lowest BCUT2D eigenvalue weighted by Crippen LogP contribution is -2.45. The Hall–Kier alpha value is -1.41. The van der Waals surface area contributed by atoms with Crippen LogP contribution in [0.4, 0.5) is 5.69 Å². The summed E-state index contributed by atoms with van der Waals surface area (Å²) < 4.78 is 27.6. The van der Waals surface area contributed by atoms with Crippen molar-refractivity contribution in [1.29, 1.82) is 0 Å². The number of rotatable bonds is 4. The summed E-state index contributed by atoms with van der Waals surface area (Å²) in [6.45, 7) is 0.630. The van der Waals surface area contributed by atoms with E-state index < -0.39 is 10.0 Å². The topological polar surface area (TPSA) is 57.7 Å². The molecule has 0 spiro atoms. The lowest BCUT2D eigenvalue weighted by atomic mass is 9.98. The van der Waals surface area contributed by atoms with Gasteiger partial charge in [-0.3, -0.25) is 4.79 Å². The minimum absolute atomic E-state index is 0.0599. The molecule has 1 saturated heterocycles.